The molecule has 1 aromatic rings. The van der Waals surface area contributed by atoms with E-state index in [1.54, 1.807) is 0 Å². The molecule has 0 unspecified atom stereocenters. The van der Waals surface area contributed by atoms with Crippen LogP contribution in [-0.2, 0) is 0 Å². The summed E-state index contributed by atoms with van der Waals surface area (Å²) in [5.41, 5.74) is 8.94. The minimum atomic E-state index is 0.270. The molecule has 0 aliphatic rings. The van der Waals surface area contributed by atoms with E-state index in [9.17, 15) is 0 Å². The van der Waals surface area contributed by atoms with Gasteiger partial charge >= 0.3 is 0 Å². The smallest absolute Gasteiger partial charge is 0.139 e. The Balaban J connectivity index is 2.52. The number of amidine groups is 1. The van der Waals surface area contributed by atoms with Crippen LogP contribution in [0.1, 0.15) is 24.0 Å². The zero-order valence-electron chi connectivity index (χ0n) is 10.1. The third-order valence-corrected chi connectivity index (χ3v) is 3.10. The van der Waals surface area contributed by atoms with Crippen molar-refractivity contribution >= 4 is 27.5 Å². The number of anilines is 1. The Hall–Kier alpha value is -1.23. The van der Waals surface area contributed by atoms with E-state index in [1.165, 1.54) is 11.1 Å². The molecule has 0 aliphatic heterocycles. The van der Waals surface area contributed by atoms with Crippen molar-refractivity contribution in [1.29, 1.82) is 0 Å². The average Bonchev–Trinajstić information content (AvgIpc) is 2.26. The van der Waals surface area contributed by atoms with Crippen molar-refractivity contribution in [3.05, 3.63) is 27.7 Å². The van der Waals surface area contributed by atoms with Gasteiger partial charge in [-0.3, -0.25) is 0 Å². The second kappa shape index (κ2) is 6.49. The summed E-state index contributed by atoms with van der Waals surface area (Å²) in [6, 6.07) is 4.22. The summed E-state index contributed by atoms with van der Waals surface area (Å²) < 4.78 is 1.07. The van der Waals surface area contributed by atoms with Crippen LogP contribution in [0.3, 0.4) is 0 Å². The van der Waals surface area contributed by atoms with Gasteiger partial charge in [0.05, 0.1) is 5.69 Å². The minimum absolute atomic E-state index is 0.270. The van der Waals surface area contributed by atoms with Crippen molar-refractivity contribution in [1.82, 2.24) is 0 Å². The molecular formula is C12H18BrN3O. The second-order valence-electron chi connectivity index (χ2n) is 4.06. The molecule has 4 N–H and O–H groups in total. The van der Waals surface area contributed by atoms with E-state index in [-0.39, 0.29) is 5.84 Å². The molecule has 0 amide bonds. The van der Waals surface area contributed by atoms with Gasteiger partial charge in [0.25, 0.3) is 0 Å². The molecule has 0 aromatic heterocycles. The van der Waals surface area contributed by atoms with Crippen LogP contribution in [0.2, 0.25) is 0 Å². The van der Waals surface area contributed by atoms with E-state index in [2.05, 4.69) is 52.4 Å². The monoisotopic (exact) mass is 299 g/mol. The highest BCUT2D eigenvalue weighted by molar-refractivity contribution is 9.10. The van der Waals surface area contributed by atoms with Crippen molar-refractivity contribution in [3.63, 3.8) is 0 Å². The maximum absolute atomic E-state index is 8.40. The first-order valence-corrected chi connectivity index (χ1v) is 6.31. The molecule has 0 atom stereocenters. The molecule has 1 rings (SSSR count). The van der Waals surface area contributed by atoms with Crippen molar-refractivity contribution in [2.75, 3.05) is 11.9 Å². The lowest BCUT2D eigenvalue weighted by Crippen LogP contribution is -2.13. The van der Waals surface area contributed by atoms with Crippen molar-refractivity contribution in [3.8, 4) is 0 Å². The molecule has 1 aromatic carbocycles. The number of hydrogen-bond acceptors (Lipinski definition) is 3. The fourth-order valence-electron chi connectivity index (χ4n) is 1.67. The molecule has 0 spiro atoms. The fourth-order valence-corrected chi connectivity index (χ4v) is 2.49. The molecular weight excluding hydrogens is 282 g/mol. The third kappa shape index (κ3) is 4.26. The normalized spacial score (nSPS) is 11.6. The lowest BCUT2D eigenvalue weighted by atomic mass is 10.1. The van der Waals surface area contributed by atoms with Gasteiger partial charge in [-0.2, -0.15) is 0 Å². The van der Waals surface area contributed by atoms with Crippen LogP contribution in [0.15, 0.2) is 21.8 Å². The van der Waals surface area contributed by atoms with Gasteiger partial charge in [0.1, 0.15) is 5.84 Å². The molecule has 0 aliphatic carbocycles. The van der Waals surface area contributed by atoms with Crippen LogP contribution in [0.4, 0.5) is 5.69 Å². The zero-order chi connectivity index (χ0) is 12.8. The van der Waals surface area contributed by atoms with Gasteiger partial charge in [-0.1, -0.05) is 11.2 Å². The summed E-state index contributed by atoms with van der Waals surface area (Å²) in [6.45, 7) is 4.93. The zero-order valence-corrected chi connectivity index (χ0v) is 11.7. The number of halogens is 1. The van der Waals surface area contributed by atoms with Crippen molar-refractivity contribution in [2.45, 2.75) is 26.7 Å². The maximum Gasteiger partial charge on any atom is 0.139 e. The Morgan fingerprint density at radius 3 is 2.76 bits per heavy atom. The first-order chi connectivity index (χ1) is 8.04. The van der Waals surface area contributed by atoms with E-state index in [0.717, 1.165) is 23.1 Å². The summed E-state index contributed by atoms with van der Waals surface area (Å²) in [5, 5.41) is 14.7. The van der Waals surface area contributed by atoms with E-state index >= 15 is 0 Å². The molecule has 0 saturated carbocycles. The van der Waals surface area contributed by atoms with Gasteiger partial charge in [-0.15, -0.1) is 0 Å². The summed E-state index contributed by atoms with van der Waals surface area (Å²) >= 11 is 3.54. The quantitative estimate of drug-likeness (QED) is 0.257. The van der Waals surface area contributed by atoms with E-state index in [1.807, 2.05) is 0 Å². The number of nitrogens with two attached hydrogens (primary N) is 1. The van der Waals surface area contributed by atoms with Crippen molar-refractivity contribution < 1.29 is 5.21 Å². The SMILES string of the molecule is Cc1cc(C)c(NCCC/C(N)=N/O)c(Br)c1. The predicted octanol–water partition coefficient (Wildman–Crippen LogP) is 3.00. The first kappa shape index (κ1) is 13.8. The van der Waals surface area contributed by atoms with Gasteiger partial charge in [0, 0.05) is 17.4 Å². The number of nitrogens with zero attached hydrogens (tertiary/aromatic N) is 1. The summed E-state index contributed by atoms with van der Waals surface area (Å²) in [4.78, 5) is 0. The first-order valence-electron chi connectivity index (χ1n) is 5.51. The van der Waals surface area contributed by atoms with Crippen LogP contribution in [0.25, 0.3) is 0 Å². The number of rotatable bonds is 5. The number of nitrogens with one attached hydrogen (secondary N) is 1. The Morgan fingerprint density at radius 1 is 1.47 bits per heavy atom. The van der Waals surface area contributed by atoms with Gasteiger partial charge in [-0.05, 0) is 53.4 Å². The Labute approximate surface area is 110 Å². The minimum Gasteiger partial charge on any atom is -0.409 e. The van der Waals surface area contributed by atoms with Crippen LogP contribution >= 0.6 is 15.9 Å². The number of benzene rings is 1. The van der Waals surface area contributed by atoms with Crippen LogP contribution in [0, 0.1) is 13.8 Å². The second-order valence-corrected chi connectivity index (χ2v) is 4.91. The maximum atomic E-state index is 8.40. The van der Waals surface area contributed by atoms with Crippen LogP contribution < -0.4 is 11.1 Å². The van der Waals surface area contributed by atoms with Crippen LogP contribution in [-0.4, -0.2) is 17.6 Å². The lowest BCUT2D eigenvalue weighted by Gasteiger charge is -2.12. The highest BCUT2D eigenvalue weighted by Gasteiger charge is 2.04. The molecule has 0 fully saturated rings. The number of aryl methyl sites for hydroxylation is 2. The fraction of sp³-hybridized carbons (Fsp3) is 0.417. The molecule has 0 radical (unpaired) electrons. The van der Waals surface area contributed by atoms with E-state index in [4.69, 9.17) is 10.9 Å². The summed E-state index contributed by atoms with van der Waals surface area (Å²) in [6.07, 6.45) is 1.42. The largest absolute Gasteiger partial charge is 0.409 e. The third-order valence-electron chi connectivity index (χ3n) is 2.47. The molecule has 5 heteroatoms. The average molecular weight is 300 g/mol. The summed E-state index contributed by atoms with van der Waals surface area (Å²) in [5.74, 6) is 0.270. The summed E-state index contributed by atoms with van der Waals surface area (Å²) in [7, 11) is 0. The van der Waals surface area contributed by atoms with Crippen molar-refractivity contribution in [2.24, 2.45) is 10.9 Å². The Kier molecular flexibility index (Phi) is 5.28. The number of hydrogen-bond donors (Lipinski definition) is 3. The van der Waals surface area contributed by atoms with E-state index in [0.29, 0.717) is 6.42 Å². The van der Waals surface area contributed by atoms with Gasteiger partial charge in [-0.25, -0.2) is 0 Å². The molecule has 0 heterocycles. The molecule has 94 valence electrons. The van der Waals surface area contributed by atoms with Gasteiger partial charge in [0.2, 0.25) is 0 Å². The number of oxime groups is 1. The highest BCUT2D eigenvalue weighted by Crippen LogP contribution is 2.27. The molecule has 17 heavy (non-hydrogen) atoms. The highest BCUT2D eigenvalue weighted by atomic mass is 79.9. The molecule has 4 nitrogen and oxygen atoms in total. The standard InChI is InChI=1S/C12H18BrN3O/c1-8-6-9(2)12(10(13)7-8)15-5-3-4-11(14)16-17/h6-7,15,17H,3-5H2,1-2H3,(H2,14,16). The van der Waals surface area contributed by atoms with Crippen LogP contribution in [0.5, 0.6) is 0 Å². The van der Waals surface area contributed by atoms with Gasteiger partial charge in [0.15, 0.2) is 0 Å². The lowest BCUT2D eigenvalue weighted by molar-refractivity contribution is 0.316. The van der Waals surface area contributed by atoms with E-state index < -0.39 is 0 Å². The van der Waals surface area contributed by atoms with Gasteiger partial charge < -0.3 is 16.3 Å². The Morgan fingerprint density at radius 2 is 2.18 bits per heavy atom. The molecule has 0 bridgehead atoms. The topological polar surface area (TPSA) is 70.6 Å². The Bertz CT molecular complexity index is 395. The predicted molar refractivity (Wildman–Crippen MR) is 74.7 cm³/mol. The molecule has 0 saturated heterocycles.